The van der Waals surface area contributed by atoms with Crippen LogP contribution in [0.3, 0.4) is 0 Å². The van der Waals surface area contributed by atoms with E-state index in [9.17, 15) is 18.0 Å². The zero-order valence-corrected chi connectivity index (χ0v) is 17.1. The van der Waals surface area contributed by atoms with E-state index < -0.39 is 23.0 Å². The molecule has 1 aliphatic carbocycles. The van der Waals surface area contributed by atoms with Crippen LogP contribution in [-0.4, -0.2) is 4.68 Å². The minimum Gasteiger partial charge on any atom is -0.296 e. The minimum atomic E-state index is -4.82. The van der Waals surface area contributed by atoms with E-state index in [2.05, 4.69) is 10.3 Å². The molecule has 0 bridgehead atoms. The van der Waals surface area contributed by atoms with E-state index in [-0.39, 0.29) is 5.69 Å². The lowest BCUT2D eigenvalue weighted by atomic mass is 9.91. The summed E-state index contributed by atoms with van der Waals surface area (Å²) in [6, 6.07) is 19.0. The number of nitrogens with one attached hydrogen (secondary N) is 1. The normalized spacial score (nSPS) is 14.2. The van der Waals surface area contributed by atoms with E-state index in [0.717, 1.165) is 46.8 Å². The van der Waals surface area contributed by atoms with Crippen molar-refractivity contribution in [1.29, 1.82) is 0 Å². The van der Waals surface area contributed by atoms with Crippen molar-refractivity contribution in [2.24, 2.45) is 0 Å². The molecule has 0 radical (unpaired) electrons. The van der Waals surface area contributed by atoms with Crippen LogP contribution in [0, 0.1) is 6.57 Å². The molecular formula is C25H20F3N3O. The lowest BCUT2D eigenvalue weighted by Gasteiger charge is -2.25. The molecule has 1 aliphatic rings. The first-order chi connectivity index (χ1) is 15.4. The van der Waals surface area contributed by atoms with Crippen LogP contribution in [0.15, 0.2) is 77.2 Å². The van der Waals surface area contributed by atoms with Crippen molar-refractivity contribution in [1.82, 2.24) is 4.68 Å². The molecule has 0 unspecified atom stereocenters. The van der Waals surface area contributed by atoms with Gasteiger partial charge in [-0.25, -0.2) is 9.52 Å². The molecule has 0 saturated heterocycles. The van der Waals surface area contributed by atoms with Crippen LogP contribution in [0.5, 0.6) is 0 Å². The number of aromatic nitrogens is 1. The van der Waals surface area contributed by atoms with Crippen LogP contribution in [0.4, 0.5) is 18.9 Å². The first-order valence-electron chi connectivity index (χ1n) is 10.2. The third-order valence-corrected chi connectivity index (χ3v) is 5.51. The van der Waals surface area contributed by atoms with Crippen LogP contribution < -0.4 is 11.0 Å². The Labute approximate surface area is 183 Å². The Balaban J connectivity index is 1.95. The van der Waals surface area contributed by atoms with E-state index in [1.165, 1.54) is 0 Å². The van der Waals surface area contributed by atoms with Gasteiger partial charge in [0.15, 0.2) is 0 Å². The van der Waals surface area contributed by atoms with Crippen molar-refractivity contribution in [2.75, 3.05) is 5.43 Å². The van der Waals surface area contributed by atoms with E-state index in [1.807, 2.05) is 30.3 Å². The van der Waals surface area contributed by atoms with Crippen molar-refractivity contribution in [3.63, 3.8) is 0 Å². The molecule has 0 amide bonds. The number of pyridine rings is 1. The maximum absolute atomic E-state index is 13.7. The maximum atomic E-state index is 13.7. The molecule has 4 rings (SSSR count). The predicted molar refractivity (Wildman–Crippen MR) is 119 cm³/mol. The second kappa shape index (κ2) is 8.75. The zero-order chi connectivity index (χ0) is 22.7. The molecule has 2 aromatic carbocycles. The molecule has 0 saturated carbocycles. The fourth-order valence-corrected chi connectivity index (χ4v) is 3.98. The van der Waals surface area contributed by atoms with Gasteiger partial charge >= 0.3 is 6.18 Å². The number of hydrogen-bond acceptors (Lipinski definition) is 2. The Morgan fingerprint density at radius 1 is 0.906 bits per heavy atom. The molecule has 3 aromatic rings. The number of benzene rings is 2. The molecule has 1 aromatic heterocycles. The molecule has 0 atom stereocenters. The summed E-state index contributed by atoms with van der Waals surface area (Å²) in [7, 11) is 0. The van der Waals surface area contributed by atoms with Crippen LogP contribution in [0.2, 0.25) is 0 Å². The highest BCUT2D eigenvalue weighted by molar-refractivity contribution is 5.72. The van der Waals surface area contributed by atoms with Crippen molar-refractivity contribution in [2.45, 2.75) is 31.9 Å². The number of allylic oxidation sites excluding steroid dienone is 2. The molecule has 1 heterocycles. The fraction of sp³-hybridized carbons (Fsp3) is 0.200. The monoisotopic (exact) mass is 435 g/mol. The van der Waals surface area contributed by atoms with Gasteiger partial charge in [-0.1, -0.05) is 60.7 Å². The van der Waals surface area contributed by atoms with Crippen molar-refractivity contribution >= 4 is 11.3 Å². The standard InChI is InChI=1S/C25H20F3N3O/c1-29-23-20(25(26,27)28)16-22(18-12-6-3-7-13-18)31(24(23)32)30-21-15-9-8-14-19(21)17-10-4-2-5-11-17/h2-7,10-13,16,30H,8-9,14-15H2. The van der Waals surface area contributed by atoms with Gasteiger partial charge in [0.25, 0.3) is 11.2 Å². The Morgan fingerprint density at radius 3 is 2.09 bits per heavy atom. The van der Waals surface area contributed by atoms with Crippen LogP contribution in [-0.2, 0) is 6.18 Å². The van der Waals surface area contributed by atoms with Gasteiger partial charge in [-0.15, -0.1) is 0 Å². The molecule has 32 heavy (non-hydrogen) atoms. The van der Waals surface area contributed by atoms with Gasteiger partial charge in [-0.3, -0.25) is 10.2 Å². The summed E-state index contributed by atoms with van der Waals surface area (Å²) in [6.45, 7) is 7.24. The predicted octanol–water partition coefficient (Wildman–Crippen LogP) is 6.61. The van der Waals surface area contributed by atoms with Crippen LogP contribution >= 0.6 is 0 Å². The highest BCUT2D eigenvalue weighted by atomic mass is 19.4. The smallest absolute Gasteiger partial charge is 0.296 e. The molecule has 1 N–H and O–H groups in total. The molecule has 7 heteroatoms. The van der Waals surface area contributed by atoms with Gasteiger partial charge in [-0.05, 0) is 42.9 Å². The van der Waals surface area contributed by atoms with Gasteiger partial charge < -0.3 is 0 Å². The second-order valence-corrected chi connectivity index (χ2v) is 7.55. The van der Waals surface area contributed by atoms with Gasteiger partial charge in [0.1, 0.15) is 0 Å². The summed E-state index contributed by atoms with van der Waals surface area (Å²) in [5.74, 6) is 0. The third kappa shape index (κ3) is 4.17. The molecular weight excluding hydrogens is 415 g/mol. The summed E-state index contributed by atoms with van der Waals surface area (Å²) in [5.41, 5.74) is 3.20. The molecule has 162 valence electrons. The van der Waals surface area contributed by atoms with Crippen LogP contribution in [0.25, 0.3) is 21.7 Å². The summed E-state index contributed by atoms with van der Waals surface area (Å²) < 4.78 is 42.1. The van der Waals surface area contributed by atoms with Crippen LogP contribution in [0.1, 0.15) is 36.8 Å². The van der Waals surface area contributed by atoms with E-state index in [4.69, 9.17) is 6.57 Å². The fourth-order valence-electron chi connectivity index (χ4n) is 3.98. The molecule has 4 nitrogen and oxygen atoms in total. The van der Waals surface area contributed by atoms with E-state index in [1.54, 1.807) is 30.3 Å². The summed E-state index contributed by atoms with van der Waals surface area (Å²) in [5, 5.41) is 0. The second-order valence-electron chi connectivity index (χ2n) is 7.55. The number of nitrogens with zero attached hydrogens (tertiary/aromatic N) is 2. The quantitative estimate of drug-likeness (QED) is 0.468. The lowest BCUT2D eigenvalue weighted by Crippen LogP contribution is -2.32. The Bertz CT molecular complexity index is 1250. The van der Waals surface area contributed by atoms with Crippen molar-refractivity contribution in [3.05, 3.63) is 105 Å². The largest absolute Gasteiger partial charge is 0.407 e. The number of hydrogen-bond donors (Lipinski definition) is 1. The number of alkyl halides is 3. The molecule has 0 aliphatic heterocycles. The average molecular weight is 435 g/mol. The maximum Gasteiger partial charge on any atom is 0.407 e. The summed E-state index contributed by atoms with van der Waals surface area (Å²) >= 11 is 0. The summed E-state index contributed by atoms with van der Waals surface area (Å²) in [6.07, 6.45) is -1.50. The molecule has 0 fully saturated rings. The Hall–Kier alpha value is -3.79. The van der Waals surface area contributed by atoms with Gasteiger partial charge in [0.05, 0.1) is 17.8 Å². The third-order valence-electron chi connectivity index (χ3n) is 5.51. The van der Waals surface area contributed by atoms with Gasteiger partial charge in [0, 0.05) is 11.3 Å². The minimum absolute atomic E-state index is 0.0563. The molecule has 0 spiro atoms. The van der Waals surface area contributed by atoms with Gasteiger partial charge in [-0.2, -0.15) is 13.2 Å². The zero-order valence-electron chi connectivity index (χ0n) is 17.1. The first-order valence-corrected chi connectivity index (χ1v) is 10.2. The average Bonchev–Trinajstić information content (AvgIpc) is 2.81. The highest BCUT2D eigenvalue weighted by Gasteiger charge is 2.36. The lowest BCUT2D eigenvalue weighted by molar-refractivity contribution is -0.136. The van der Waals surface area contributed by atoms with Gasteiger partial charge in [0.2, 0.25) is 0 Å². The summed E-state index contributed by atoms with van der Waals surface area (Å²) in [4.78, 5) is 16.1. The van der Waals surface area contributed by atoms with Crippen molar-refractivity contribution in [3.8, 4) is 11.3 Å². The SMILES string of the molecule is [C-]#[N+]c1c(C(F)(F)F)cc(-c2ccccc2)n(NC2=C(c3ccccc3)CCCC2)c1=O. The Kier molecular flexibility index (Phi) is 5.87. The topological polar surface area (TPSA) is 38.4 Å². The van der Waals surface area contributed by atoms with Crippen molar-refractivity contribution < 1.29 is 13.2 Å². The Morgan fingerprint density at radius 2 is 1.50 bits per heavy atom. The first kappa shape index (κ1) is 21.4. The van der Waals surface area contributed by atoms with E-state index in [0.29, 0.717) is 12.0 Å². The number of halogens is 3. The number of rotatable bonds is 4. The van der Waals surface area contributed by atoms with E-state index >= 15 is 0 Å². The highest BCUT2D eigenvalue weighted by Crippen LogP contribution is 2.37.